The van der Waals surface area contributed by atoms with Crippen LogP contribution < -0.4 is 15.5 Å². The van der Waals surface area contributed by atoms with Crippen LogP contribution in [0.4, 0.5) is 0 Å². The maximum atomic E-state index is 11.1. The molecule has 0 spiro atoms. The third-order valence-corrected chi connectivity index (χ3v) is 2.98. The van der Waals surface area contributed by atoms with E-state index in [0.29, 0.717) is 23.0 Å². The van der Waals surface area contributed by atoms with Crippen molar-refractivity contribution in [3.05, 3.63) is 28.2 Å². The minimum Gasteiger partial charge on any atom is -0.481 e. The second-order valence-corrected chi connectivity index (χ2v) is 5.10. The van der Waals surface area contributed by atoms with Gasteiger partial charge in [-0.2, -0.15) is 5.10 Å². The van der Waals surface area contributed by atoms with Gasteiger partial charge in [0.25, 0.3) is 0 Å². The van der Waals surface area contributed by atoms with E-state index in [1.807, 2.05) is 13.0 Å². The van der Waals surface area contributed by atoms with E-state index in [2.05, 4.69) is 36.5 Å². The van der Waals surface area contributed by atoms with Crippen LogP contribution in [0.5, 0.6) is 5.75 Å². The van der Waals surface area contributed by atoms with Crippen molar-refractivity contribution >= 4 is 45.4 Å². The molecule has 0 bridgehead atoms. The predicted molar refractivity (Wildman–Crippen MR) is 88.7 cm³/mol. The number of ether oxygens (including phenoxy) is 2. The Bertz CT molecular complexity index is 537. The summed E-state index contributed by atoms with van der Waals surface area (Å²) >= 11 is 8.36. The summed E-state index contributed by atoms with van der Waals surface area (Å²) < 4.78 is 10.8. The molecule has 0 unspecified atom stereocenters. The van der Waals surface area contributed by atoms with E-state index in [1.54, 1.807) is 18.3 Å². The molecule has 0 heterocycles. The molecule has 0 aliphatic heterocycles. The number of nitrogens with one attached hydrogen (secondary N) is 2. The summed E-state index contributed by atoms with van der Waals surface area (Å²) in [6.07, 6.45) is 1.56. The Kier molecular flexibility index (Phi) is 7.70. The molecule has 6 nitrogen and oxygen atoms in total. The topological polar surface area (TPSA) is 72.0 Å². The highest BCUT2D eigenvalue weighted by Gasteiger charge is 2.06. The van der Waals surface area contributed by atoms with E-state index in [9.17, 15) is 4.79 Å². The molecule has 1 aromatic carbocycles. The van der Waals surface area contributed by atoms with Crippen LogP contribution in [0.3, 0.4) is 0 Å². The first-order valence-corrected chi connectivity index (χ1v) is 7.33. The minimum atomic E-state index is -0.452. The minimum absolute atomic E-state index is 0.164. The Balaban J connectivity index is 2.74. The first-order chi connectivity index (χ1) is 10.1. The average Bonchev–Trinajstić information content (AvgIpc) is 2.46. The smallest absolute Gasteiger partial charge is 0.343 e. The number of halogens is 1. The fraction of sp³-hybridized carbons (Fsp3) is 0.308. The van der Waals surface area contributed by atoms with Crippen LogP contribution in [0.15, 0.2) is 27.8 Å². The van der Waals surface area contributed by atoms with Crippen LogP contribution in [-0.2, 0) is 9.53 Å². The molecule has 1 aromatic rings. The molecule has 8 heteroatoms. The van der Waals surface area contributed by atoms with Gasteiger partial charge in [0, 0.05) is 16.6 Å². The third-order valence-electron chi connectivity index (χ3n) is 2.25. The predicted octanol–water partition coefficient (Wildman–Crippen LogP) is 1.82. The Hall–Kier alpha value is -1.67. The number of carbonyl (C=O) groups is 1. The van der Waals surface area contributed by atoms with Gasteiger partial charge in [0.05, 0.1) is 13.3 Å². The number of benzene rings is 1. The van der Waals surface area contributed by atoms with Gasteiger partial charge in [0.1, 0.15) is 5.75 Å². The Morgan fingerprint density at radius 3 is 2.95 bits per heavy atom. The number of hydrogen-bond acceptors (Lipinski definition) is 5. The monoisotopic (exact) mass is 373 g/mol. The molecule has 114 valence electrons. The van der Waals surface area contributed by atoms with Gasteiger partial charge in [-0.3, -0.25) is 5.43 Å². The van der Waals surface area contributed by atoms with Crippen molar-refractivity contribution < 1.29 is 14.3 Å². The van der Waals surface area contributed by atoms with Gasteiger partial charge in [-0.25, -0.2) is 4.79 Å². The van der Waals surface area contributed by atoms with E-state index >= 15 is 0 Å². The highest BCUT2D eigenvalue weighted by molar-refractivity contribution is 9.10. The zero-order chi connectivity index (χ0) is 15.7. The molecule has 0 amide bonds. The molecule has 0 aromatic heterocycles. The molecule has 0 saturated heterocycles. The lowest BCUT2D eigenvalue weighted by molar-refractivity contribution is -0.142. The number of methoxy groups -OCH3 is 1. The van der Waals surface area contributed by atoms with Crippen LogP contribution in [-0.4, -0.2) is 37.6 Å². The maximum Gasteiger partial charge on any atom is 0.343 e. The summed E-state index contributed by atoms with van der Waals surface area (Å²) in [7, 11) is 1.31. The van der Waals surface area contributed by atoms with Crippen LogP contribution in [0, 0.1) is 0 Å². The molecule has 0 fully saturated rings. The SMILES string of the molecule is CCNC(=S)N/N=C\c1cc(Br)ccc1OCC(=O)OC. The lowest BCUT2D eigenvalue weighted by Gasteiger charge is -2.08. The van der Waals surface area contributed by atoms with Crippen molar-refractivity contribution in [3.8, 4) is 5.75 Å². The van der Waals surface area contributed by atoms with Gasteiger partial charge >= 0.3 is 5.97 Å². The van der Waals surface area contributed by atoms with Gasteiger partial charge in [0.15, 0.2) is 11.7 Å². The van der Waals surface area contributed by atoms with Crippen LogP contribution in [0.1, 0.15) is 12.5 Å². The molecular formula is C13H16BrN3O3S. The number of nitrogens with zero attached hydrogens (tertiary/aromatic N) is 1. The van der Waals surface area contributed by atoms with Crippen molar-refractivity contribution in [1.29, 1.82) is 0 Å². The van der Waals surface area contributed by atoms with E-state index in [0.717, 1.165) is 4.47 Å². The van der Waals surface area contributed by atoms with Crippen LogP contribution in [0.25, 0.3) is 0 Å². The molecule has 0 saturated carbocycles. The van der Waals surface area contributed by atoms with E-state index in [-0.39, 0.29) is 6.61 Å². The summed E-state index contributed by atoms with van der Waals surface area (Å²) in [5, 5.41) is 7.36. The third kappa shape index (κ3) is 6.54. The Labute approximate surface area is 137 Å². The molecule has 1 rings (SSSR count). The van der Waals surface area contributed by atoms with Crippen molar-refractivity contribution in [1.82, 2.24) is 10.7 Å². The molecule has 2 N–H and O–H groups in total. The standard InChI is InChI=1S/C13H16BrN3O3S/c1-3-15-13(21)17-16-7-9-6-10(14)4-5-11(9)20-8-12(18)19-2/h4-7H,3,8H2,1-2H3,(H2,15,17,21)/b16-7-. The van der Waals surface area contributed by atoms with E-state index in [4.69, 9.17) is 17.0 Å². The fourth-order valence-corrected chi connectivity index (χ4v) is 1.88. The van der Waals surface area contributed by atoms with E-state index in [1.165, 1.54) is 7.11 Å². The van der Waals surface area contributed by atoms with Crippen molar-refractivity contribution in [2.45, 2.75) is 6.92 Å². The Morgan fingerprint density at radius 2 is 2.29 bits per heavy atom. The molecule has 0 aliphatic rings. The maximum absolute atomic E-state index is 11.1. The summed E-state index contributed by atoms with van der Waals surface area (Å²) in [5.41, 5.74) is 3.38. The summed E-state index contributed by atoms with van der Waals surface area (Å²) in [6.45, 7) is 2.48. The number of carbonyl (C=O) groups excluding carboxylic acids is 1. The molecule has 0 atom stereocenters. The normalized spacial score (nSPS) is 10.2. The molecule has 0 radical (unpaired) electrons. The molecular weight excluding hydrogens is 358 g/mol. The lowest BCUT2D eigenvalue weighted by atomic mass is 10.2. The first kappa shape index (κ1) is 17.4. The number of hydrogen-bond donors (Lipinski definition) is 2. The second-order valence-electron chi connectivity index (χ2n) is 3.78. The number of rotatable bonds is 6. The number of esters is 1. The molecule has 21 heavy (non-hydrogen) atoms. The van der Waals surface area contributed by atoms with E-state index < -0.39 is 5.97 Å². The second kappa shape index (κ2) is 9.30. The van der Waals surface area contributed by atoms with Crippen LogP contribution >= 0.6 is 28.1 Å². The van der Waals surface area contributed by atoms with Crippen LogP contribution in [0.2, 0.25) is 0 Å². The van der Waals surface area contributed by atoms with Gasteiger partial charge in [-0.15, -0.1) is 0 Å². The first-order valence-electron chi connectivity index (χ1n) is 6.13. The van der Waals surface area contributed by atoms with Crippen molar-refractivity contribution in [3.63, 3.8) is 0 Å². The Morgan fingerprint density at radius 1 is 1.52 bits per heavy atom. The average molecular weight is 374 g/mol. The zero-order valence-electron chi connectivity index (χ0n) is 11.7. The summed E-state index contributed by atoms with van der Waals surface area (Å²) in [4.78, 5) is 11.1. The highest BCUT2D eigenvalue weighted by Crippen LogP contribution is 2.21. The summed E-state index contributed by atoms with van der Waals surface area (Å²) in [5.74, 6) is 0.0655. The lowest BCUT2D eigenvalue weighted by Crippen LogP contribution is -2.31. The van der Waals surface area contributed by atoms with Gasteiger partial charge in [-0.1, -0.05) is 15.9 Å². The van der Waals surface area contributed by atoms with Gasteiger partial charge < -0.3 is 14.8 Å². The zero-order valence-corrected chi connectivity index (χ0v) is 14.1. The largest absolute Gasteiger partial charge is 0.481 e. The highest BCUT2D eigenvalue weighted by atomic mass is 79.9. The fourth-order valence-electron chi connectivity index (χ4n) is 1.31. The quantitative estimate of drug-likeness (QED) is 0.343. The van der Waals surface area contributed by atoms with Gasteiger partial charge in [0.2, 0.25) is 0 Å². The summed E-state index contributed by atoms with van der Waals surface area (Å²) in [6, 6.07) is 5.35. The number of thiocarbonyl (C=S) groups is 1. The van der Waals surface area contributed by atoms with Gasteiger partial charge in [-0.05, 0) is 37.3 Å². The van der Waals surface area contributed by atoms with Crippen molar-refractivity contribution in [2.24, 2.45) is 5.10 Å². The number of hydrazone groups is 1. The molecule has 0 aliphatic carbocycles. The van der Waals surface area contributed by atoms with Crippen molar-refractivity contribution in [2.75, 3.05) is 20.3 Å².